The maximum absolute atomic E-state index is 12.9. The summed E-state index contributed by atoms with van der Waals surface area (Å²) in [5.41, 5.74) is 0.818. The number of carbonyl (C=O) groups is 2. The van der Waals surface area contributed by atoms with Crippen LogP contribution in [0.4, 0.5) is 5.69 Å². The summed E-state index contributed by atoms with van der Waals surface area (Å²) < 4.78 is 5.42. The summed E-state index contributed by atoms with van der Waals surface area (Å²) >= 11 is 0. The van der Waals surface area contributed by atoms with E-state index >= 15 is 0 Å². The molecule has 0 aromatic heterocycles. The van der Waals surface area contributed by atoms with Crippen LogP contribution in [-0.4, -0.2) is 18.0 Å². The second-order valence-electron chi connectivity index (χ2n) is 6.94. The van der Waals surface area contributed by atoms with Crippen LogP contribution >= 0.6 is 0 Å². The Kier molecular flexibility index (Phi) is 2.61. The van der Waals surface area contributed by atoms with Gasteiger partial charge in [-0.1, -0.05) is 36.4 Å². The van der Waals surface area contributed by atoms with Gasteiger partial charge in [0.05, 0.1) is 11.8 Å². The molecular weight excluding hydrogens is 290 g/mol. The van der Waals surface area contributed by atoms with Crippen LogP contribution in [0, 0.1) is 23.7 Å². The van der Waals surface area contributed by atoms with Crippen molar-refractivity contribution < 1.29 is 14.3 Å². The van der Waals surface area contributed by atoms with Gasteiger partial charge in [-0.15, -0.1) is 0 Å². The van der Waals surface area contributed by atoms with Crippen LogP contribution in [0.5, 0.6) is 0 Å². The third kappa shape index (κ3) is 1.78. The highest BCUT2D eigenvalue weighted by Crippen LogP contribution is 2.57. The monoisotopic (exact) mass is 307 g/mol. The zero-order valence-corrected chi connectivity index (χ0v) is 12.6. The molecule has 5 atom stereocenters. The molecule has 2 aromatic carbocycles. The van der Waals surface area contributed by atoms with E-state index in [0.29, 0.717) is 0 Å². The molecular formula is C19H17NO3. The van der Waals surface area contributed by atoms with Crippen molar-refractivity contribution in [1.29, 1.82) is 0 Å². The number of benzene rings is 2. The fourth-order valence-corrected chi connectivity index (χ4v) is 4.91. The van der Waals surface area contributed by atoms with Crippen LogP contribution in [0.15, 0.2) is 42.5 Å². The first-order valence-corrected chi connectivity index (χ1v) is 8.21. The van der Waals surface area contributed by atoms with Crippen molar-refractivity contribution in [3.05, 3.63) is 42.5 Å². The summed E-state index contributed by atoms with van der Waals surface area (Å²) in [7, 11) is 0. The van der Waals surface area contributed by atoms with Gasteiger partial charge in [-0.05, 0) is 30.2 Å². The molecule has 2 aliphatic carbocycles. The first-order valence-electron chi connectivity index (χ1n) is 8.21. The zero-order valence-electron chi connectivity index (χ0n) is 12.6. The summed E-state index contributed by atoms with van der Waals surface area (Å²) in [5, 5.41) is 5.19. The molecule has 0 spiro atoms. The first-order chi connectivity index (χ1) is 11.2. The largest absolute Gasteiger partial charge is 0.462 e. The van der Waals surface area contributed by atoms with Crippen LogP contribution < -0.4 is 5.32 Å². The molecule has 1 aliphatic heterocycles. The maximum atomic E-state index is 12.9. The zero-order chi connectivity index (χ0) is 15.6. The number of rotatable bonds is 2. The van der Waals surface area contributed by atoms with Crippen molar-refractivity contribution >= 4 is 28.3 Å². The Morgan fingerprint density at radius 3 is 2.83 bits per heavy atom. The van der Waals surface area contributed by atoms with Crippen molar-refractivity contribution in [1.82, 2.24) is 0 Å². The van der Waals surface area contributed by atoms with E-state index in [4.69, 9.17) is 4.74 Å². The van der Waals surface area contributed by atoms with Crippen LogP contribution in [0.25, 0.3) is 10.8 Å². The second-order valence-corrected chi connectivity index (χ2v) is 6.94. The van der Waals surface area contributed by atoms with E-state index < -0.39 is 0 Å². The van der Waals surface area contributed by atoms with Crippen LogP contribution in [0.1, 0.15) is 12.8 Å². The average molecular weight is 307 g/mol. The number of hydrogen-bond acceptors (Lipinski definition) is 3. The molecule has 1 N–H and O–H groups in total. The Morgan fingerprint density at radius 1 is 1.09 bits per heavy atom. The lowest BCUT2D eigenvalue weighted by Crippen LogP contribution is -2.35. The van der Waals surface area contributed by atoms with E-state index in [0.717, 1.165) is 29.3 Å². The van der Waals surface area contributed by atoms with Gasteiger partial charge >= 0.3 is 5.97 Å². The number of hydrogen-bond donors (Lipinski definition) is 1. The summed E-state index contributed by atoms with van der Waals surface area (Å²) in [5.74, 6) is -0.111. The lowest BCUT2D eigenvalue weighted by atomic mass is 9.79. The minimum atomic E-state index is -0.231. The molecule has 2 bridgehead atoms. The Morgan fingerprint density at radius 2 is 1.91 bits per heavy atom. The topological polar surface area (TPSA) is 55.4 Å². The molecule has 2 saturated carbocycles. The van der Waals surface area contributed by atoms with Gasteiger partial charge in [0.1, 0.15) is 6.10 Å². The van der Waals surface area contributed by atoms with Crippen molar-refractivity contribution in [2.45, 2.75) is 18.9 Å². The van der Waals surface area contributed by atoms with Crippen LogP contribution in [0.2, 0.25) is 0 Å². The van der Waals surface area contributed by atoms with E-state index in [-0.39, 0.29) is 41.7 Å². The van der Waals surface area contributed by atoms with E-state index in [1.165, 1.54) is 0 Å². The highest BCUT2D eigenvalue weighted by atomic mass is 16.6. The van der Waals surface area contributed by atoms with Gasteiger partial charge in [-0.25, -0.2) is 0 Å². The fraction of sp³-hybridized carbons (Fsp3) is 0.368. The molecule has 1 heterocycles. The molecule has 1 amide bonds. The number of fused-ring (bicyclic) bond motifs is 2. The number of nitrogens with one attached hydrogen (secondary N) is 1. The normalized spacial score (nSPS) is 33.9. The lowest BCUT2D eigenvalue weighted by molar-refractivity contribution is -0.145. The molecule has 23 heavy (non-hydrogen) atoms. The van der Waals surface area contributed by atoms with Gasteiger partial charge in [0, 0.05) is 17.0 Å². The predicted octanol–water partition coefficient (Wildman–Crippen LogP) is 2.98. The molecule has 116 valence electrons. The summed E-state index contributed by atoms with van der Waals surface area (Å²) in [6.07, 6.45) is 1.87. The fourth-order valence-electron chi connectivity index (χ4n) is 4.91. The summed E-state index contributed by atoms with van der Waals surface area (Å²) in [6, 6.07) is 13.9. The number of esters is 1. The SMILES string of the molecule is O=C(Nc1cccc2ccccc12)[C@@H]1[C@@H]2C[C@H]3[C@@H]1C(=O)O[C@@H]3C2. The van der Waals surface area contributed by atoms with Crippen molar-refractivity contribution in [2.24, 2.45) is 23.7 Å². The van der Waals surface area contributed by atoms with E-state index in [9.17, 15) is 9.59 Å². The Bertz CT molecular complexity index is 823. The predicted molar refractivity (Wildman–Crippen MR) is 85.7 cm³/mol. The molecule has 3 aliphatic rings. The standard InChI is InChI=1S/C19H17NO3/c21-18(16-11-8-13-15(9-11)23-19(22)17(13)16)20-14-7-3-5-10-4-1-2-6-12(10)14/h1-7,11,13,15-17H,8-9H2,(H,20,21)/t11-,13-,15-,16-,17+/m1/s1. The number of anilines is 1. The molecule has 2 aromatic rings. The Balaban J connectivity index is 1.47. The minimum absolute atomic E-state index is 0.0313. The smallest absolute Gasteiger partial charge is 0.310 e. The van der Waals surface area contributed by atoms with Gasteiger partial charge in [0.15, 0.2) is 0 Å². The van der Waals surface area contributed by atoms with E-state index in [1.54, 1.807) is 0 Å². The van der Waals surface area contributed by atoms with Crippen molar-refractivity contribution in [3.63, 3.8) is 0 Å². The second kappa shape index (κ2) is 4.57. The molecule has 4 heteroatoms. The van der Waals surface area contributed by atoms with Gasteiger partial charge < -0.3 is 10.1 Å². The van der Waals surface area contributed by atoms with Crippen molar-refractivity contribution in [3.8, 4) is 0 Å². The third-order valence-corrected chi connectivity index (χ3v) is 5.83. The Labute approximate surface area is 133 Å². The van der Waals surface area contributed by atoms with Crippen molar-refractivity contribution in [2.75, 3.05) is 5.32 Å². The van der Waals surface area contributed by atoms with Gasteiger partial charge in [-0.2, -0.15) is 0 Å². The molecule has 1 saturated heterocycles. The highest BCUT2D eigenvalue weighted by molar-refractivity contribution is 6.04. The summed E-state index contributed by atoms with van der Waals surface area (Å²) in [4.78, 5) is 24.9. The third-order valence-electron chi connectivity index (χ3n) is 5.83. The lowest BCUT2D eigenvalue weighted by Gasteiger charge is -2.23. The molecule has 3 fully saturated rings. The van der Waals surface area contributed by atoms with E-state index in [2.05, 4.69) is 5.32 Å². The molecule has 5 rings (SSSR count). The first kappa shape index (κ1) is 13.1. The van der Waals surface area contributed by atoms with Gasteiger partial charge in [0.2, 0.25) is 5.91 Å². The van der Waals surface area contributed by atoms with Crippen LogP contribution in [0.3, 0.4) is 0 Å². The average Bonchev–Trinajstić information content (AvgIpc) is 3.17. The molecule has 0 radical (unpaired) electrons. The number of amides is 1. The van der Waals surface area contributed by atoms with Crippen LogP contribution in [-0.2, 0) is 14.3 Å². The Hall–Kier alpha value is -2.36. The van der Waals surface area contributed by atoms with Gasteiger partial charge in [-0.3, -0.25) is 9.59 Å². The van der Waals surface area contributed by atoms with Gasteiger partial charge in [0.25, 0.3) is 0 Å². The van der Waals surface area contributed by atoms with E-state index in [1.807, 2.05) is 42.5 Å². The maximum Gasteiger partial charge on any atom is 0.310 e. The quantitative estimate of drug-likeness (QED) is 0.868. The highest BCUT2D eigenvalue weighted by Gasteiger charge is 2.63. The number of carbonyl (C=O) groups excluding carboxylic acids is 2. The number of ether oxygens (including phenoxy) is 1. The minimum Gasteiger partial charge on any atom is -0.462 e. The molecule has 0 unspecified atom stereocenters. The molecule has 4 nitrogen and oxygen atoms in total. The summed E-state index contributed by atoms with van der Waals surface area (Å²) in [6.45, 7) is 0.